The molecule has 0 atom stereocenters. The highest BCUT2D eigenvalue weighted by atomic mass is 16.6. The molecule has 0 N–H and O–H groups in total. The van der Waals surface area contributed by atoms with E-state index in [1.54, 1.807) is 12.3 Å². The molecule has 0 saturated carbocycles. The number of aromatic nitrogens is 5. The second-order valence-electron chi connectivity index (χ2n) is 4.59. The molecule has 0 fully saturated rings. The molecule has 3 rings (SSSR count). The summed E-state index contributed by atoms with van der Waals surface area (Å²) in [6.45, 7) is 3.98. The van der Waals surface area contributed by atoms with Crippen LogP contribution >= 0.6 is 0 Å². The zero-order valence-corrected chi connectivity index (χ0v) is 11.6. The van der Waals surface area contributed by atoms with Crippen LogP contribution in [0.5, 0.6) is 6.08 Å². The summed E-state index contributed by atoms with van der Waals surface area (Å²) in [7, 11) is 0. The van der Waals surface area contributed by atoms with Crippen molar-refractivity contribution in [3.05, 3.63) is 36.1 Å². The first kappa shape index (κ1) is 13.2. The fourth-order valence-electron chi connectivity index (χ4n) is 1.55. The minimum Gasteiger partial charge on any atom is -0.439 e. The Hall–Kier alpha value is -2.77. The van der Waals surface area contributed by atoms with Crippen molar-refractivity contribution in [2.75, 3.05) is 0 Å². The lowest BCUT2D eigenvalue weighted by atomic mass is 10.2. The van der Waals surface area contributed by atoms with Gasteiger partial charge in [-0.25, -0.2) is 0 Å². The van der Waals surface area contributed by atoms with Gasteiger partial charge in [0, 0.05) is 12.1 Å². The molecule has 3 aromatic rings. The van der Waals surface area contributed by atoms with Crippen molar-refractivity contribution in [3.8, 4) is 17.6 Å². The highest BCUT2D eigenvalue weighted by Gasteiger charge is 2.13. The molecule has 0 aliphatic carbocycles. The minimum absolute atomic E-state index is 0.0551. The van der Waals surface area contributed by atoms with Crippen LogP contribution in [0.4, 0.5) is 0 Å². The quantitative estimate of drug-likeness (QED) is 0.704. The van der Waals surface area contributed by atoms with Gasteiger partial charge in [0.15, 0.2) is 12.4 Å². The zero-order valence-electron chi connectivity index (χ0n) is 11.6. The summed E-state index contributed by atoms with van der Waals surface area (Å²) < 4.78 is 15.3. The summed E-state index contributed by atoms with van der Waals surface area (Å²) in [4.78, 5) is 12.4. The Labute approximate surface area is 120 Å². The molecule has 8 heteroatoms. The van der Waals surface area contributed by atoms with Crippen LogP contribution in [0.15, 0.2) is 33.4 Å². The van der Waals surface area contributed by atoms with Crippen molar-refractivity contribution in [2.24, 2.45) is 0 Å². The lowest BCUT2D eigenvalue weighted by Gasteiger charge is -1.94. The maximum Gasteiger partial charge on any atom is 0.417 e. The van der Waals surface area contributed by atoms with Gasteiger partial charge in [0.2, 0.25) is 5.82 Å². The molecular weight excluding hydrogens is 274 g/mol. The maximum atomic E-state index is 5.32. The third-order valence-electron chi connectivity index (χ3n) is 2.62. The summed E-state index contributed by atoms with van der Waals surface area (Å²) in [5.74, 6) is 1.47. The Balaban J connectivity index is 1.65. The van der Waals surface area contributed by atoms with Gasteiger partial charge in [-0.15, -0.1) is 0 Å². The highest BCUT2D eigenvalue weighted by Crippen LogP contribution is 2.16. The largest absolute Gasteiger partial charge is 0.439 e. The fraction of sp³-hybridized carbons (Fsp3) is 0.308. The molecule has 0 bridgehead atoms. The summed E-state index contributed by atoms with van der Waals surface area (Å²) in [5, 5.41) is 7.63. The smallest absolute Gasteiger partial charge is 0.417 e. The predicted octanol–water partition coefficient (Wildman–Crippen LogP) is 2.22. The Bertz CT molecular complexity index is 707. The second kappa shape index (κ2) is 5.70. The van der Waals surface area contributed by atoms with Gasteiger partial charge < -0.3 is 9.26 Å². The van der Waals surface area contributed by atoms with Crippen molar-refractivity contribution < 1.29 is 13.8 Å². The molecule has 108 valence electrons. The first-order valence-corrected chi connectivity index (χ1v) is 6.43. The number of pyridine rings is 1. The Morgan fingerprint density at radius 3 is 2.76 bits per heavy atom. The van der Waals surface area contributed by atoms with E-state index in [0.717, 1.165) is 0 Å². The van der Waals surface area contributed by atoms with E-state index < -0.39 is 0 Å². The monoisotopic (exact) mass is 287 g/mol. The number of hydrogen-bond acceptors (Lipinski definition) is 8. The topological polar surface area (TPSA) is 100.0 Å². The molecule has 8 nitrogen and oxygen atoms in total. The predicted molar refractivity (Wildman–Crippen MR) is 70.2 cm³/mol. The van der Waals surface area contributed by atoms with E-state index in [2.05, 4.69) is 25.3 Å². The van der Waals surface area contributed by atoms with Crippen LogP contribution in [0.25, 0.3) is 11.5 Å². The number of ether oxygens (including phenoxy) is 1. The van der Waals surface area contributed by atoms with Crippen LogP contribution < -0.4 is 4.74 Å². The van der Waals surface area contributed by atoms with E-state index in [4.69, 9.17) is 13.8 Å². The van der Waals surface area contributed by atoms with Crippen molar-refractivity contribution in [2.45, 2.75) is 26.4 Å². The Morgan fingerprint density at radius 1 is 1.14 bits per heavy atom. The van der Waals surface area contributed by atoms with E-state index in [1.807, 2.05) is 26.0 Å². The molecule has 0 aromatic carbocycles. The Kier molecular flexibility index (Phi) is 3.59. The molecule has 21 heavy (non-hydrogen) atoms. The highest BCUT2D eigenvalue weighted by molar-refractivity contribution is 5.46. The summed E-state index contributed by atoms with van der Waals surface area (Å²) in [6, 6.07) is 5.46. The van der Waals surface area contributed by atoms with E-state index in [9.17, 15) is 0 Å². The van der Waals surface area contributed by atoms with Gasteiger partial charge in [0.1, 0.15) is 5.69 Å². The molecule has 3 heterocycles. The maximum absolute atomic E-state index is 5.32. The van der Waals surface area contributed by atoms with Crippen LogP contribution in [0.2, 0.25) is 0 Å². The van der Waals surface area contributed by atoms with Crippen LogP contribution in [-0.4, -0.2) is 25.3 Å². The average molecular weight is 287 g/mol. The Morgan fingerprint density at radius 2 is 2.05 bits per heavy atom. The van der Waals surface area contributed by atoms with Crippen LogP contribution in [0.1, 0.15) is 31.5 Å². The van der Waals surface area contributed by atoms with E-state index in [-0.39, 0.29) is 18.6 Å². The first-order chi connectivity index (χ1) is 10.2. The van der Waals surface area contributed by atoms with Crippen molar-refractivity contribution in [1.82, 2.24) is 25.3 Å². The van der Waals surface area contributed by atoms with Gasteiger partial charge in [-0.2, -0.15) is 9.97 Å². The fourth-order valence-corrected chi connectivity index (χ4v) is 1.55. The molecule has 0 aliphatic heterocycles. The molecule has 0 spiro atoms. The van der Waals surface area contributed by atoms with Crippen LogP contribution in [0.3, 0.4) is 0 Å². The van der Waals surface area contributed by atoms with Gasteiger partial charge in [0.25, 0.3) is 5.89 Å². The minimum atomic E-state index is 0.0551. The molecule has 0 aliphatic rings. The van der Waals surface area contributed by atoms with Crippen molar-refractivity contribution >= 4 is 0 Å². The lowest BCUT2D eigenvalue weighted by Crippen LogP contribution is -1.97. The number of hydrogen-bond donors (Lipinski definition) is 0. The van der Waals surface area contributed by atoms with E-state index in [1.165, 1.54) is 0 Å². The molecule has 0 unspecified atom stereocenters. The van der Waals surface area contributed by atoms with Gasteiger partial charge in [-0.05, 0) is 12.1 Å². The summed E-state index contributed by atoms with van der Waals surface area (Å²) in [5.41, 5.74) is 0.632. The normalized spacial score (nSPS) is 11.0. The lowest BCUT2D eigenvalue weighted by molar-refractivity contribution is 0.169. The third-order valence-corrected chi connectivity index (χ3v) is 2.62. The van der Waals surface area contributed by atoms with Crippen molar-refractivity contribution in [1.29, 1.82) is 0 Å². The molecule has 0 radical (unpaired) electrons. The van der Waals surface area contributed by atoms with Crippen LogP contribution in [-0.2, 0) is 6.61 Å². The van der Waals surface area contributed by atoms with Crippen LogP contribution in [0, 0.1) is 0 Å². The van der Waals surface area contributed by atoms with Gasteiger partial charge in [0.05, 0.1) is 0 Å². The third kappa shape index (κ3) is 3.04. The number of nitrogens with zero attached hydrogens (tertiary/aromatic N) is 5. The molecule has 0 saturated heterocycles. The van der Waals surface area contributed by atoms with Crippen molar-refractivity contribution in [3.63, 3.8) is 0 Å². The zero-order chi connectivity index (χ0) is 14.7. The molecule has 3 aromatic heterocycles. The van der Waals surface area contributed by atoms with E-state index in [0.29, 0.717) is 23.2 Å². The summed E-state index contributed by atoms with van der Waals surface area (Å²) >= 11 is 0. The SMILES string of the molecule is CC(C)c1noc(OCc2nc(-c3ccccn3)no2)n1. The first-order valence-electron chi connectivity index (χ1n) is 6.43. The van der Waals surface area contributed by atoms with Gasteiger partial charge in [-0.3, -0.25) is 9.51 Å². The molecule has 0 amide bonds. The second-order valence-corrected chi connectivity index (χ2v) is 4.59. The van der Waals surface area contributed by atoms with Gasteiger partial charge >= 0.3 is 6.08 Å². The average Bonchev–Trinajstić information content (AvgIpc) is 3.15. The molecular formula is C13H13N5O3. The van der Waals surface area contributed by atoms with Gasteiger partial charge in [-0.1, -0.05) is 30.2 Å². The summed E-state index contributed by atoms with van der Waals surface area (Å²) in [6.07, 6.45) is 1.74. The number of rotatable bonds is 5. The van der Waals surface area contributed by atoms with E-state index >= 15 is 0 Å². The standard InChI is InChI=1S/C13H13N5O3/c1-8(2)11-16-13(21-17-11)19-7-10-15-12(18-20-10)9-5-3-4-6-14-9/h3-6,8H,7H2,1-2H3.